The van der Waals surface area contributed by atoms with E-state index in [9.17, 15) is 4.79 Å². The Labute approximate surface area is 164 Å². The first-order valence-corrected chi connectivity index (χ1v) is 10.3. The van der Waals surface area contributed by atoms with Gasteiger partial charge in [-0.2, -0.15) is 0 Å². The number of nitrogens with one attached hydrogen (secondary N) is 2. The molecule has 0 radical (unpaired) electrons. The molecule has 1 aliphatic carbocycles. The van der Waals surface area contributed by atoms with E-state index in [2.05, 4.69) is 33.2 Å². The fourth-order valence-corrected chi connectivity index (χ4v) is 4.51. The Hall–Kier alpha value is -1.96. The lowest BCUT2D eigenvalue weighted by Gasteiger charge is -2.35. The molecule has 150 valence electrons. The van der Waals surface area contributed by atoms with Gasteiger partial charge in [0.05, 0.1) is 23.7 Å². The lowest BCUT2D eigenvalue weighted by molar-refractivity contribution is -0.126. The van der Waals surface area contributed by atoms with E-state index in [1.165, 1.54) is 18.4 Å². The zero-order valence-corrected chi connectivity index (χ0v) is 16.3. The van der Waals surface area contributed by atoms with Crippen molar-refractivity contribution in [2.75, 3.05) is 26.3 Å². The van der Waals surface area contributed by atoms with Crippen molar-refractivity contribution >= 4 is 16.9 Å². The van der Waals surface area contributed by atoms with Crippen LogP contribution >= 0.6 is 0 Å². The van der Waals surface area contributed by atoms with Crippen LogP contribution in [-0.2, 0) is 20.9 Å². The van der Waals surface area contributed by atoms with Crippen LogP contribution in [0.25, 0.3) is 11.0 Å². The summed E-state index contributed by atoms with van der Waals surface area (Å²) in [7, 11) is 0. The monoisotopic (exact) mass is 384 g/mol. The molecule has 1 aromatic heterocycles. The molecule has 7 nitrogen and oxygen atoms in total. The summed E-state index contributed by atoms with van der Waals surface area (Å²) >= 11 is 0. The lowest BCUT2D eigenvalue weighted by atomic mass is 10.1. The number of hydrogen-bond donors (Lipinski definition) is 2. The molecule has 3 fully saturated rings. The number of fused-ring (bicyclic) bond motifs is 2. The van der Waals surface area contributed by atoms with E-state index in [-0.39, 0.29) is 18.6 Å². The third kappa shape index (κ3) is 3.92. The number of rotatable bonds is 6. The van der Waals surface area contributed by atoms with Crippen LogP contribution < -0.4 is 5.32 Å². The number of carbonyl (C=O) groups is 1. The Bertz CT molecular complexity index is 862. The average Bonchev–Trinajstić information content (AvgIpc) is 3.32. The van der Waals surface area contributed by atoms with E-state index in [0.717, 1.165) is 48.9 Å². The van der Waals surface area contributed by atoms with Crippen molar-refractivity contribution in [3.63, 3.8) is 0 Å². The fraction of sp³-hybridized carbons (Fsp3) is 0.619. The van der Waals surface area contributed by atoms with Crippen molar-refractivity contribution in [2.45, 2.75) is 51.0 Å². The maximum absolute atomic E-state index is 12.3. The number of benzene rings is 1. The zero-order chi connectivity index (χ0) is 19.1. The van der Waals surface area contributed by atoms with Crippen LogP contribution in [0.4, 0.5) is 0 Å². The van der Waals surface area contributed by atoms with Crippen molar-refractivity contribution in [1.29, 1.82) is 0 Å². The van der Waals surface area contributed by atoms with Crippen LogP contribution in [0.15, 0.2) is 18.2 Å². The van der Waals surface area contributed by atoms with Gasteiger partial charge in [-0.25, -0.2) is 4.98 Å². The number of H-pyrrole nitrogens is 1. The van der Waals surface area contributed by atoms with Gasteiger partial charge in [0.1, 0.15) is 19.0 Å². The van der Waals surface area contributed by atoms with Gasteiger partial charge in [0.25, 0.3) is 0 Å². The topological polar surface area (TPSA) is 79.5 Å². The van der Waals surface area contributed by atoms with Gasteiger partial charge in [-0.1, -0.05) is 6.07 Å². The first kappa shape index (κ1) is 18.1. The van der Waals surface area contributed by atoms with E-state index >= 15 is 0 Å². The number of hydrogen-bond acceptors (Lipinski definition) is 5. The van der Waals surface area contributed by atoms with Crippen molar-refractivity contribution in [3.05, 3.63) is 29.6 Å². The molecule has 2 N–H and O–H groups in total. The Balaban J connectivity index is 1.07. The molecule has 0 bridgehead atoms. The summed E-state index contributed by atoms with van der Waals surface area (Å²) in [5.74, 6) is 1.45. The number of aryl methyl sites for hydroxylation is 1. The van der Waals surface area contributed by atoms with Crippen LogP contribution in [0.1, 0.15) is 30.7 Å². The molecule has 1 aromatic carbocycles. The van der Waals surface area contributed by atoms with Crippen LogP contribution in [-0.4, -0.2) is 65.3 Å². The maximum Gasteiger partial charge on any atom is 0.246 e. The minimum Gasteiger partial charge on any atom is -0.375 e. The minimum atomic E-state index is -0.0588. The summed E-state index contributed by atoms with van der Waals surface area (Å²) < 4.78 is 11.6. The van der Waals surface area contributed by atoms with Crippen LogP contribution in [0.2, 0.25) is 0 Å². The van der Waals surface area contributed by atoms with Gasteiger partial charge in [-0.3, -0.25) is 9.69 Å². The molecule has 1 amide bonds. The van der Waals surface area contributed by atoms with E-state index in [1.54, 1.807) is 0 Å². The summed E-state index contributed by atoms with van der Waals surface area (Å²) in [6.07, 6.45) is 3.99. The van der Waals surface area contributed by atoms with Crippen molar-refractivity contribution in [3.8, 4) is 0 Å². The Morgan fingerprint density at radius 2 is 2.29 bits per heavy atom. The quantitative estimate of drug-likeness (QED) is 0.793. The molecule has 7 heteroatoms. The zero-order valence-electron chi connectivity index (χ0n) is 16.3. The first-order chi connectivity index (χ1) is 13.6. The number of aromatic nitrogens is 2. The largest absolute Gasteiger partial charge is 0.375 e. The van der Waals surface area contributed by atoms with Gasteiger partial charge in [-0.15, -0.1) is 0 Å². The maximum atomic E-state index is 12.3. The Kier molecular flexibility index (Phi) is 4.82. The lowest BCUT2D eigenvalue weighted by Crippen LogP contribution is -2.47. The summed E-state index contributed by atoms with van der Waals surface area (Å²) in [5.41, 5.74) is 3.10. The molecule has 2 aliphatic heterocycles. The van der Waals surface area contributed by atoms with Gasteiger partial charge in [0.2, 0.25) is 5.91 Å². The van der Waals surface area contributed by atoms with Gasteiger partial charge in [0, 0.05) is 25.2 Å². The molecule has 0 spiro atoms. The van der Waals surface area contributed by atoms with Crippen molar-refractivity contribution in [1.82, 2.24) is 20.2 Å². The number of imidazole rings is 1. The summed E-state index contributed by atoms with van der Waals surface area (Å²) in [6, 6.07) is 6.72. The second kappa shape index (κ2) is 7.46. The highest BCUT2D eigenvalue weighted by molar-refractivity contribution is 5.77. The third-order valence-corrected chi connectivity index (χ3v) is 6.12. The normalized spacial score (nSPS) is 27.8. The molecule has 2 saturated heterocycles. The Morgan fingerprint density at radius 1 is 1.39 bits per heavy atom. The number of morpholine rings is 1. The van der Waals surface area contributed by atoms with Crippen LogP contribution in [0, 0.1) is 12.8 Å². The molecule has 3 heterocycles. The fourth-order valence-electron chi connectivity index (χ4n) is 4.51. The van der Waals surface area contributed by atoms with Gasteiger partial charge >= 0.3 is 0 Å². The van der Waals surface area contributed by atoms with E-state index in [4.69, 9.17) is 9.47 Å². The average molecular weight is 384 g/mol. The molecule has 2 aromatic rings. The highest BCUT2D eigenvalue weighted by Gasteiger charge is 2.42. The second-order valence-corrected chi connectivity index (χ2v) is 8.51. The standard InChI is InChI=1S/C21H28N4O3/c1-13-2-5-17-18(6-13)24-20(23-17)11-27-12-21(26)22-15-7-16-10-28-19(14-3-4-14)9-25(16)8-15/h2,5-6,14-16,19H,3-4,7-12H2,1H3,(H,22,26)(H,23,24)/t15-,16-,19+/m0/s1. The number of amides is 1. The SMILES string of the molecule is Cc1ccc2nc(COCC(=O)N[C@H]3C[C@H]4CO[C@@H](C5CC5)CN4C3)[nH]c2c1. The summed E-state index contributed by atoms with van der Waals surface area (Å²) in [6.45, 7) is 5.15. The molecule has 0 unspecified atom stereocenters. The molecule has 3 aliphatic rings. The van der Waals surface area contributed by atoms with Gasteiger partial charge in [0.15, 0.2) is 0 Å². The molecular formula is C21H28N4O3. The van der Waals surface area contributed by atoms with Crippen molar-refractivity contribution < 1.29 is 14.3 Å². The highest BCUT2D eigenvalue weighted by atomic mass is 16.5. The smallest absolute Gasteiger partial charge is 0.246 e. The Morgan fingerprint density at radius 3 is 3.14 bits per heavy atom. The highest BCUT2D eigenvalue weighted by Crippen LogP contribution is 2.37. The minimum absolute atomic E-state index is 0.0540. The first-order valence-electron chi connectivity index (χ1n) is 10.3. The summed E-state index contributed by atoms with van der Waals surface area (Å²) in [5, 5.41) is 3.12. The van der Waals surface area contributed by atoms with Crippen molar-refractivity contribution in [2.24, 2.45) is 5.92 Å². The molecule has 1 saturated carbocycles. The second-order valence-electron chi connectivity index (χ2n) is 8.51. The molecule has 3 atom stereocenters. The van der Waals surface area contributed by atoms with E-state index in [0.29, 0.717) is 18.8 Å². The van der Waals surface area contributed by atoms with Crippen LogP contribution in [0.3, 0.4) is 0 Å². The number of ether oxygens (including phenoxy) is 2. The predicted molar refractivity (Wildman–Crippen MR) is 105 cm³/mol. The third-order valence-electron chi connectivity index (χ3n) is 6.12. The number of aromatic amines is 1. The molecule has 28 heavy (non-hydrogen) atoms. The van der Waals surface area contributed by atoms with Gasteiger partial charge < -0.3 is 19.8 Å². The predicted octanol–water partition coefficient (Wildman–Crippen LogP) is 1.76. The van der Waals surface area contributed by atoms with Gasteiger partial charge in [-0.05, 0) is 49.8 Å². The van der Waals surface area contributed by atoms with Crippen LogP contribution in [0.5, 0.6) is 0 Å². The number of nitrogens with zero attached hydrogens (tertiary/aromatic N) is 2. The van der Waals surface area contributed by atoms with E-state index in [1.807, 2.05) is 12.1 Å². The van der Waals surface area contributed by atoms with E-state index < -0.39 is 0 Å². The molecular weight excluding hydrogens is 356 g/mol. The number of carbonyl (C=O) groups excluding carboxylic acids is 1. The molecule has 5 rings (SSSR count). The summed E-state index contributed by atoms with van der Waals surface area (Å²) in [4.78, 5) is 22.5.